The molecule has 0 radical (unpaired) electrons. The van der Waals surface area contributed by atoms with Crippen LogP contribution >= 0.6 is 11.6 Å². The van der Waals surface area contributed by atoms with E-state index >= 15 is 0 Å². The molecule has 1 nitrogen and oxygen atoms in total. The smallest absolute Gasteiger partial charge is 0.0408 e. The summed E-state index contributed by atoms with van der Waals surface area (Å²) >= 11 is 6.07. The summed E-state index contributed by atoms with van der Waals surface area (Å²) < 4.78 is 0. The highest BCUT2D eigenvalue weighted by Gasteiger charge is 2.09. The lowest BCUT2D eigenvalue weighted by Crippen LogP contribution is -2.31. The maximum atomic E-state index is 6.07. The minimum absolute atomic E-state index is 0.495. The zero-order valence-corrected chi connectivity index (χ0v) is 13.7. The number of hydrogen-bond acceptors (Lipinski definition) is 1. The summed E-state index contributed by atoms with van der Waals surface area (Å²) in [4.78, 5) is 0. The highest BCUT2D eigenvalue weighted by Crippen LogP contribution is 2.15. The first-order valence-corrected chi connectivity index (χ1v) is 8.08. The topological polar surface area (TPSA) is 12.0 Å². The molecule has 0 aromatic heterocycles. The third-order valence-electron chi connectivity index (χ3n) is 3.77. The quantitative estimate of drug-likeness (QED) is 0.774. The van der Waals surface area contributed by atoms with Crippen LogP contribution in [0.1, 0.15) is 30.0 Å². The van der Waals surface area contributed by atoms with Crippen molar-refractivity contribution in [1.29, 1.82) is 0 Å². The molecular formula is C19H24ClN. The van der Waals surface area contributed by atoms with Crippen LogP contribution in [0.25, 0.3) is 0 Å². The van der Waals surface area contributed by atoms with Crippen LogP contribution in [0.3, 0.4) is 0 Å². The Morgan fingerprint density at radius 3 is 2.48 bits per heavy atom. The molecule has 0 spiro atoms. The largest absolute Gasteiger partial charge is 0.314 e. The molecule has 0 bridgehead atoms. The van der Waals surface area contributed by atoms with Crippen LogP contribution in [0.4, 0.5) is 0 Å². The molecule has 2 heteroatoms. The summed E-state index contributed by atoms with van der Waals surface area (Å²) in [5.74, 6) is 0. The van der Waals surface area contributed by atoms with Crippen LogP contribution in [0.15, 0.2) is 48.5 Å². The summed E-state index contributed by atoms with van der Waals surface area (Å²) in [6.45, 7) is 5.29. The molecule has 0 fully saturated rings. The van der Waals surface area contributed by atoms with Gasteiger partial charge in [0.25, 0.3) is 0 Å². The van der Waals surface area contributed by atoms with Gasteiger partial charge in [-0.05, 0) is 56.0 Å². The van der Waals surface area contributed by atoms with E-state index in [4.69, 9.17) is 11.6 Å². The molecule has 0 heterocycles. The molecule has 0 aliphatic heterocycles. The standard InChI is InChI=1S/C19H24ClN/c1-3-21-19(14-17-5-4-6-18(20)13-17)12-11-16-9-7-15(2)8-10-16/h4-10,13,19,21H,3,11-12,14H2,1-2H3. The number of aryl methyl sites for hydroxylation is 2. The fourth-order valence-corrected chi connectivity index (χ4v) is 2.82. The fourth-order valence-electron chi connectivity index (χ4n) is 2.61. The predicted molar refractivity (Wildman–Crippen MR) is 92.1 cm³/mol. The van der Waals surface area contributed by atoms with Gasteiger partial charge in [-0.3, -0.25) is 0 Å². The number of likely N-dealkylation sites (N-methyl/N-ethyl adjacent to an activating group) is 1. The van der Waals surface area contributed by atoms with Gasteiger partial charge in [-0.25, -0.2) is 0 Å². The van der Waals surface area contributed by atoms with Crippen LogP contribution < -0.4 is 5.32 Å². The molecule has 0 aliphatic rings. The lowest BCUT2D eigenvalue weighted by atomic mass is 9.98. The molecular weight excluding hydrogens is 278 g/mol. The number of benzene rings is 2. The Labute approximate surface area is 133 Å². The average Bonchev–Trinajstić information content (AvgIpc) is 2.47. The average molecular weight is 302 g/mol. The number of halogens is 1. The Morgan fingerprint density at radius 1 is 1.05 bits per heavy atom. The molecule has 1 N–H and O–H groups in total. The zero-order valence-electron chi connectivity index (χ0n) is 12.9. The minimum Gasteiger partial charge on any atom is -0.314 e. The van der Waals surface area contributed by atoms with Crippen LogP contribution in [-0.4, -0.2) is 12.6 Å². The lowest BCUT2D eigenvalue weighted by Gasteiger charge is -2.18. The van der Waals surface area contributed by atoms with Crippen molar-refractivity contribution in [2.45, 2.75) is 39.2 Å². The number of hydrogen-bond donors (Lipinski definition) is 1. The van der Waals surface area contributed by atoms with Crippen molar-refractivity contribution < 1.29 is 0 Å². The Morgan fingerprint density at radius 2 is 1.81 bits per heavy atom. The van der Waals surface area contributed by atoms with Gasteiger partial charge in [-0.1, -0.05) is 60.5 Å². The van der Waals surface area contributed by atoms with Crippen LogP contribution in [0, 0.1) is 6.92 Å². The second-order valence-corrected chi connectivity index (χ2v) is 6.05. The van der Waals surface area contributed by atoms with E-state index in [1.807, 2.05) is 12.1 Å². The molecule has 2 aromatic rings. The Kier molecular flexibility index (Phi) is 6.28. The van der Waals surface area contributed by atoms with E-state index in [1.165, 1.54) is 16.7 Å². The summed E-state index contributed by atoms with van der Waals surface area (Å²) in [7, 11) is 0. The van der Waals surface area contributed by atoms with Gasteiger partial charge in [0.15, 0.2) is 0 Å². The van der Waals surface area contributed by atoms with Crippen LogP contribution in [0.5, 0.6) is 0 Å². The highest BCUT2D eigenvalue weighted by molar-refractivity contribution is 6.30. The summed E-state index contributed by atoms with van der Waals surface area (Å²) in [5, 5.41) is 4.41. The van der Waals surface area contributed by atoms with Crippen molar-refractivity contribution in [2.24, 2.45) is 0 Å². The first-order valence-electron chi connectivity index (χ1n) is 7.70. The molecule has 1 atom stereocenters. The molecule has 0 aliphatic carbocycles. The molecule has 112 valence electrons. The second-order valence-electron chi connectivity index (χ2n) is 5.61. The van der Waals surface area contributed by atoms with Crippen molar-refractivity contribution >= 4 is 11.6 Å². The van der Waals surface area contributed by atoms with E-state index < -0.39 is 0 Å². The van der Waals surface area contributed by atoms with Crippen LogP contribution in [0.2, 0.25) is 5.02 Å². The van der Waals surface area contributed by atoms with Gasteiger partial charge in [0.2, 0.25) is 0 Å². The van der Waals surface area contributed by atoms with Crippen molar-refractivity contribution in [1.82, 2.24) is 5.32 Å². The number of nitrogens with one attached hydrogen (secondary N) is 1. The van der Waals surface area contributed by atoms with Crippen molar-refractivity contribution in [2.75, 3.05) is 6.54 Å². The van der Waals surface area contributed by atoms with Gasteiger partial charge in [-0.2, -0.15) is 0 Å². The molecule has 1 unspecified atom stereocenters. The molecule has 2 rings (SSSR count). The Bertz CT molecular complexity index is 548. The maximum Gasteiger partial charge on any atom is 0.0408 e. The number of rotatable bonds is 7. The summed E-state index contributed by atoms with van der Waals surface area (Å²) in [5.41, 5.74) is 4.04. The van der Waals surface area contributed by atoms with Crippen LogP contribution in [-0.2, 0) is 12.8 Å². The maximum absolute atomic E-state index is 6.07. The Balaban J connectivity index is 1.93. The van der Waals surface area contributed by atoms with Gasteiger partial charge in [0, 0.05) is 11.1 Å². The molecule has 2 aromatic carbocycles. The lowest BCUT2D eigenvalue weighted by molar-refractivity contribution is 0.491. The van der Waals surface area contributed by atoms with Gasteiger partial charge in [-0.15, -0.1) is 0 Å². The van der Waals surface area contributed by atoms with Gasteiger partial charge >= 0.3 is 0 Å². The van der Waals surface area contributed by atoms with Crippen molar-refractivity contribution in [3.63, 3.8) is 0 Å². The van der Waals surface area contributed by atoms with E-state index in [-0.39, 0.29) is 0 Å². The molecule has 21 heavy (non-hydrogen) atoms. The van der Waals surface area contributed by atoms with Crippen molar-refractivity contribution in [3.8, 4) is 0 Å². The minimum atomic E-state index is 0.495. The van der Waals surface area contributed by atoms with Gasteiger partial charge in [0.1, 0.15) is 0 Å². The van der Waals surface area contributed by atoms with Gasteiger partial charge in [0.05, 0.1) is 0 Å². The zero-order chi connectivity index (χ0) is 15.1. The molecule has 0 amide bonds. The first-order chi connectivity index (χ1) is 10.2. The predicted octanol–water partition coefficient (Wildman–Crippen LogP) is 4.80. The van der Waals surface area contributed by atoms with E-state index in [0.717, 1.165) is 30.8 Å². The summed E-state index contributed by atoms with van der Waals surface area (Å²) in [6, 6.07) is 17.5. The molecule has 0 saturated heterocycles. The third-order valence-corrected chi connectivity index (χ3v) is 4.00. The second kappa shape index (κ2) is 8.21. The van der Waals surface area contributed by atoms with E-state index in [1.54, 1.807) is 0 Å². The van der Waals surface area contributed by atoms with Gasteiger partial charge < -0.3 is 5.32 Å². The molecule has 0 saturated carbocycles. The Hall–Kier alpha value is -1.31. The highest BCUT2D eigenvalue weighted by atomic mass is 35.5. The van der Waals surface area contributed by atoms with E-state index in [9.17, 15) is 0 Å². The monoisotopic (exact) mass is 301 g/mol. The summed E-state index contributed by atoms with van der Waals surface area (Å²) in [6.07, 6.45) is 3.28. The fraction of sp³-hybridized carbons (Fsp3) is 0.368. The third kappa shape index (κ3) is 5.53. The van der Waals surface area contributed by atoms with E-state index in [0.29, 0.717) is 6.04 Å². The SMILES string of the molecule is CCNC(CCc1ccc(C)cc1)Cc1cccc(Cl)c1. The van der Waals surface area contributed by atoms with Crippen molar-refractivity contribution in [3.05, 3.63) is 70.2 Å². The first kappa shape index (κ1) is 16.1. The normalized spacial score (nSPS) is 12.3. The van der Waals surface area contributed by atoms with E-state index in [2.05, 4.69) is 55.6 Å².